The van der Waals surface area contributed by atoms with Crippen LogP contribution in [0.25, 0.3) is 0 Å². The highest BCUT2D eigenvalue weighted by Gasteiger charge is 2.40. The summed E-state index contributed by atoms with van der Waals surface area (Å²) in [5.74, 6) is 1.07. The Balaban J connectivity index is 1.97. The molecule has 1 saturated heterocycles. The average Bonchev–Trinajstić information content (AvgIpc) is 2.95. The first-order valence-corrected chi connectivity index (χ1v) is 7.73. The predicted molar refractivity (Wildman–Crippen MR) is 74.2 cm³/mol. The molecule has 18 heavy (non-hydrogen) atoms. The van der Waals surface area contributed by atoms with Crippen molar-refractivity contribution in [3.63, 3.8) is 0 Å². The minimum absolute atomic E-state index is 0.0730. The Morgan fingerprint density at radius 1 is 1.39 bits per heavy atom. The van der Waals surface area contributed by atoms with Crippen molar-refractivity contribution in [2.75, 3.05) is 0 Å². The second-order valence-corrected chi connectivity index (χ2v) is 6.07. The van der Waals surface area contributed by atoms with Crippen LogP contribution in [0.5, 0.6) is 0 Å². The molecule has 3 heteroatoms. The van der Waals surface area contributed by atoms with Gasteiger partial charge in [-0.1, -0.05) is 32.6 Å². The summed E-state index contributed by atoms with van der Waals surface area (Å²) < 4.78 is 0. The zero-order chi connectivity index (χ0) is 13.1. The maximum absolute atomic E-state index is 12.5. The van der Waals surface area contributed by atoms with Gasteiger partial charge in [0.25, 0.3) is 0 Å². The first-order valence-electron chi connectivity index (χ1n) is 7.73. The fourth-order valence-corrected chi connectivity index (χ4v) is 3.65. The van der Waals surface area contributed by atoms with Crippen LogP contribution in [0.3, 0.4) is 0 Å². The number of nitrogens with one attached hydrogen (secondary N) is 1. The lowest BCUT2D eigenvalue weighted by molar-refractivity contribution is -0.132. The maximum atomic E-state index is 12.5. The van der Waals surface area contributed by atoms with Gasteiger partial charge in [0.05, 0.1) is 12.2 Å². The van der Waals surface area contributed by atoms with Crippen LogP contribution in [-0.2, 0) is 4.79 Å². The van der Waals surface area contributed by atoms with Gasteiger partial charge < -0.3 is 4.90 Å². The van der Waals surface area contributed by atoms with Gasteiger partial charge in [-0.3, -0.25) is 10.1 Å². The second-order valence-electron chi connectivity index (χ2n) is 6.07. The molecule has 1 aliphatic heterocycles. The highest BCUT2D eigenvalue weighted by atomic mass is 16.2. The summed E-state index contributed by atoms with van der Waals surface area (Å²) in [5, 5.41) is 3.47. The molecule has 0 spiro atoms. The monoisotopic (exact) mass is 252 g/mol. The summed E-state index contributed by atoms with van der Waals surface area (Å²) in [6, 6.07) is 0.484. The molecule has 1 aliphatic carbocycles. The third-order valence-corrected chi connectivity index (χ3v) is 4.78. The summed E-state index contributed by atoms with van der Waals surface area (Å²) in [4.78, 5) is 14.6. The average molecular weight is 252 g/mol. The van der Waals surface area contributed by atoms with Gasteiger partial charge in [0.1, 0.15) is 0 Å². The van der Waals surface area contributed by atoms with E-state index in [1.54, 1.807) is 0 Å². The van der Waals surface area contributed by atoms with Crippen molar-refractivity contribution in [1.82, 2.24) is 10.2 Å². The predicted octanol–water partition coefficient (Wildman–Crippen LogP) is 2.90. The number of hydrogen-bond acceptors (Lipinski definition) is 2. The normalized spacial score (nSPS) is 31.3. The molecule has 1 N–H and O–H groups in total. The van der Waals surface area contributed by atoms with Crippen molar-refractivity contribution >= 4 is 5.91 Å². The zero-order valence-corrected chi connectivity index (χ0v) is 12.1. The lowest BCUT2D eigenvalue weighted by Gasteiger charge is -2.32. The second kappa shape index (κ2) is 6.05. The molecule has 1 heterocycles. The molecule has 2 aliphatic rings. The largest absolute Gasteiger partial charge is 0.323 e. The van der Waals surface area contributed by atoms with Gasteiger partial charge >= 0.3 is 0 Å². The van der Waals surface area contributed by atoms with Crippen LogP contribution in [0, 0.1) is 5.92 Å². The molecule has 2 fully saturated rings. The Morgan fingerprint density at radius 3 is 2.67 bits per heavy atom. The van der Waals surface area contributed by atoms with Crippen LogP contribution >= 0.6 is 0 Å². The molecule has 1 saturated carbocycles. The van der Waals surface area contributed by atoms with E-state index >= 15 is 0 Å². The molecule has 0 aromatic carbocycles. The van der Waals surface area contributed by atoms with E-state index in [0.717, 1.165) is 25.2 Å². The molecule has 0 bridgehead atoms. The van der Waals surface area contributed by atoms with Gasteiger partial charge in [-0.15, -0.1) is 0 Å². The van der Waals surface area contributed by atoms with Crippen molar-refractivity contribution in [3.8, 4) is 0 Å². The van der Waals surface area contributed by atoms with Crippen molar-refractivity contribution in [3.05, 3.63) is 0 Å². The number of carbonyl (C=O) groups is 1. The van der Waals surface area contributed by atoms with Gasteiger partial charge in [-0.25, -0.2) is 0 Å². The summed E-state index contributed by atoms with van der Waals surface area (Å²) in [5.41, 5.74) is 0. The minimum atomic E-state index is 0.0730. The topological polar surface area (TPSA) is 32.3 Å². The van der Waals surface area contributed by atoms with Crippen LogP contribution in [0.15, 0.2) is 0 Å². The third kappa shape index (κ3) is 2.71. The molecular weight excluding hydrogens is 224 g/mol. The van der Waals surface area contributed by atoms with E-state index in [4.69, 9.17) is 0 Å². The number of unbranched alkanes of at least 4 members (excludes halogenated alkanes) is 1. The van der Waals surface area contributed by atoms with Crippen LogP contribution in [0.4, 0.5) is 0 Å². The van der Waals surface area contributed by atoms with E-state index in [-0.39, 0.29) is 12.2 Å². The standard InChI is InChI=1S/C15H28N2O/c1-4-5-10-14-15(18)17(12(3)16-14)11(2)13-8-6-7-9-13/h11-14,16H,4-10H2,1-3H3. The molecule has 0 radical (unpaired) electrons. The summed E-state index contributed by atoms with van der Waals surface area (Å²) in [7, 11) is 0. The molecule has 2 rings (SSSR count). The van der Waals surface area contributed by atoms with Crippen molar-refractivity contribution in [2.24, 2.45) is 5.92 Å². The van der Waals surface area contributed by atoms with E-state index in [9.17, 15) is 4.79 Å². The first kappa shape index (κ1) is 13.9. The highest BCUT2D eigenvalue weighted by molar-refractivity contribution is 5.84. The van der Waals surface area contributed by atoms with Crippen LogP contribution in [-0.4, -0.2) is 29.1 Å². The maximum Gasteiger partial charge on any atom is 0.241 e. The smallest absolute Gasteiger partial charge is 0.241 e. The highest BCUT2D eigenvalue weighted by Crippen LogP contribution is 2.32. The van der Waals surface area contributed by atoms with Crippen LogP contribution in [0.1, 0.15) is 65.7 Å². The van der Waals surface area contributed by atoms with E-state index < -0.39 is 0 Å². The SMILES string of the molecule is CCCCC1NC(C)N(C(C)C2CCCC2)C1=O. The Morgan fingerprint density at radius 2 is 2.06 bits per heavy atom. The fourth-order valence-electron chi connectivity index (χ4n) is 3.65. The van der Waals surface area contributed by atoms with Crippen molar-refractivity contribution in [2.45, 2.75) is 84.0 Å². The quantitative estimate of drug-likeness (QED) is 0.816. The Hall–Kier alpha value is -0.570. The molecule has 0 aromatic heterocycles. The van der Waals surface area contributed by atoms with Crippen molar-refractivity contribution < 1.29 is 4.79 Å². The van der Waals surface area contributed by atoms with Gasteiger partial charge in [-0.2, -0.15) is 0 Å². The molecule has 3 nitrogen and oxygen atoms in total. The summed E-state index contributed by atoms with van der Waals surface area (Å²) in [6.07, 6.45) is 8.81. The fraction of sp³-hybridized carbons (Fsp3) is 0.933. The Kier molecular flexibility index (Phi) is 4.66. The number of nitrogens with zero attached hydrogens (tertiary/aromatic N) is 1. The summed E-state index contributed by atoms with van der Waals surface area (Å²) in [6.45, 7) is 6.56. The van der Waals surface area contributed by atoms with Gasteiger partial charge in [0, 0.05) is 6.04 Å². The summed E-state index contributed by atoms with van der Waals surface area (Å²) >= 11 is 0. The van der Waals surface area contributed by atoms with Crippen molar-refractivity contribution in [1.29, 1.82) is 0 Å². The lowest BCUT2D eigenvalue weighted by Crippen LogP contribution is -2.44. The van der Waals surface area contributed by atoms with Crippen LogP contribution < -0.4 is 5.32 Å². The van der Waals surface area contributed by atoms with E-state index in [0.29, 0.717) is 11.9 Å². The van der Waals surface area contributed by atoms with E-state index in [1.165, 1.54) is 25.7 Å². The molecule has 1 amide bonds. The first-order chi connectivity index (χ1) is 8.65. The number of carbonyl (C=O) groups excluding carboxylic acids is 1. The Bertz CT molecular complexity index is 286. The Labute approximate surface area is 111 Å². The molecule has 3 unspecified atom stereocenters. The molecular formula is C15H28N2O. The van der Waals surface area contributed by atoms with E-state index in [2.05, 4.69) is 31.0 Å². The van der Waals surface area contributed by atoms with E-state index in [1.807, 2.05) is 0 Å². The molecule has 104 valence electrons. The van der Waals surface area contributed by atoms with Gasteiger partial charge in [0.2, 0.25) is 5.91 Å². The number of rotatable bonds is 5. The van der Waals surface area contributed by atoms with Crippen LogP contribution in [0.2, 0.25) is 0 Å². The number of amides is 1. The van der Waals surface area contributed by atoms with Gasteiger partial charge in [-0.05, 0) is 39.0 Å². The molecule has 3 atom stereocenters. The minimum Gasteiger partial charge on any atom is -0.323 e. The third-order valence-electron chi connectivity index (χ3n) is 4.78. The number of hydrogen-bond donors (Lipinski definition) is 1. The van der Waals surface area contributed by atoms with Gasteiger partial charge in [0.15, 0.2) is 0 Å². The lowest BCUT2D eigenvalue weighted by atomic mass is 9.97. The zero-order valence-electron chi connectivity index (χ0n) is 12.1. The molecule has 0 aromatic rings.